The number of benzene rings is 1. The van der Waals surface area contributed by atoms with E-state index >= 15 is 0 Å². The molecule has 1 fully saturated rings. The van der Waals surface area contributed by atoms with Gasteiger partial charge in [0.25, 0.3) is 0 Å². The number of carboxylic acids is 1. The number of aliphatic carboxylic acids is 1. The van der Waals surface area contributed by atoms with Crippen molar-refractivity contribution in [2.75, 3.05) is 25.0 Å². The van der Waals surface area contributed by atoms with Crippen LogP contribution in [0.4, 0.5) is 5.69 Å². The standard InChI is InChI=1S/C14H16ClIN2O3/c15-10-1-2-12(11(16)7-10)17-8-13(19)18-5-3-9(4-6-18)14(20)21/h1-2,7,9,17H,3-6,8H2,(H,20,21). The molecule has 7 heteroatoms. The molecule has 0 spiro atoms. The van der Waals surface area contributed by atoms with Crippen LogP contribution in [0.15, 0.2) is 18.2 Å². The molecule has 21 heavy (non-hydrogen) atoms. The van der Waals surface area contributed by atoms with Crippen molar-refractivity contribution in [3.8, 4) is 0 Å². The van der Waals surface area contributed by atoms with Gasteiger partial charge in [-0.25, -0.2) is 0 Å². The molecule has 0 atom stereocenters. The Morgan fingerprint density at radius 1 is 1.38 bits per heavy atom. The third kappa shape index (κ3) is 4.47. The van der Waals surface area contributed by atoms with Gasteiger partial charge in [-0.2, -0.15) is 0 Å². The van der Waals surface area contributed by atoms with E-state index in [0.717, 1.165) is 9.26 Å². The zero-order chi connectivity index (χ0) is 15.4. The van der Waals surface area contributed by atoms with E-state index in [1.54, 1.807) is 11.0 Å². The Labute approximate surface area is 141 Å². The molecule has 1 aromatic rings. The summed E-state index contributed by atoms with van der Waals surface area (Å²) in [7, 11) is 0. The lowest BCUT2D eigenvalue weighted by molar-refractivity contribution is -0.145. The lowest BCUT2D eigenvalue weighted by Gasteiger charge is -2.30. The summed E-state index contributed by atoms with van der Waals surface area (Å²) in [6.07, 6.45) is 1.05. The van der Waals surface area contributed by atoms with Crippen molar-refractivity contribution in [3.05, 3.63) is 26.8 Å². The van der Waals surface area contributed by atoms with Crippen LogP contribution in [0.2, 0.25) is 5.02 Å². The highest BCUT2D eigenvalue weighted by molar-refractivity contribution is 14.1. The van der Waals surface area contributed by atoms with Crippen molar-refractivity contribution in [2.24, 2.45) is 5.92 Å². The van der Waals surface area contributed by atoms with E-state index in [4.69, 9.17) is 16.7 Å². The molecule has 1 heterocycles. The van der Waals surface area contributed by atoms with E-state index in [1.165, 1.54) is 0 Å². The highest BCUT2D eigenvalue weighted by Gasteiger charge is 2.26. The molecule has 0 bridgehead atoms. The second-order valence-corrected chi connectivity index (χ2v) is 6.57. The largest absolute Gasteiger partial charge is 0.481 e. The van der Waals surface area contributed by atoms with Crippen molar-refractivity contribution in [2.45, 2.75) is 12.8 Å². The number of carboxylic acid groups (broad SMARTS) is 1. The van der Waals surface area contributed by atoms with E-state index in [0.29, 0.717) is 31.0 Å². The molecule has 1 saturated heterocycles. The number of nitrogens with one attached hydrogen (secondary N) is 1. The Morgan fingerprint density at radius 3 is 2.62 bits per heavy atom. The average Bonchev–Trinajstić information content (AvgIpc) is 2.46. The average molecular weight is 423 g/mol. The van der Waals surface area contributed by atoms with Crippen molar-refractivity contribution in [1.82, 2.24) is 4.90 Å². The van der Waals surface area contributed by atoms with Crippen LogP contribution in [0, 0.1) is 9.49 Å². The van der Waals surface area contributed by atoms with Gasteiger partial charge in [0.2, 0.25) is 5.91 Å². The predicted molar refractivity (Wildman–Crippen MR) is 89.6 cm³/mol. The molecule has 2 N–H and O–H groups in total. The minimum Gasteiger partial charge on any atom is -0.481 e. The lowest BCUT2D eigenvalue weighted by Crippen LogP contribution is -2.42. The molecule has 1 aliphatic heterocycles. The summed E-state index contributed by atoms with van der Waals surface area (Å²) < 4.78 is 0.956. The first kappa shape index (κ1) is 16.4. The maximum Gasteiger partial charge on any atom is 0.306 e. The Kier molecular flexibility index (Phi) is 5.69. The Bertz CT molecular complexity index is 545. The lowest BCUT2D eigenvalue weighted by atomic mass is 9.97. The molecule has 0 saturated carbocycles. The smallest absolute Gasteiger partial charge is 0.306 e. The van der Waals surface area contributed by atoms with E-state index < -0.39 is 5.97 Å². The first-order valence-electron chi connectivity index (χ1n) is 6.67. The van der Waals surface area contributed by atoms with Gasteiger partial charge >= 0.3 is 5.97 Å². The number of halogens is 2. The Hall–Kier alpha value is -1.02. The van der Waals surface area contributed by atoms with E-state index in [-0.39, 0.29) is 18.4 Å². The molecule has 2 rings (SSSR count). The summed E-state index contributed by atoms with van der Waals surface area (Å²) >= 11 is 8.04. The zero-order valence-corrected chi connectivity index (χ0v) is 14.2. The second kappa shape index (κ2) is 7.31. The molecule has 1 aliphatic rings. The molecule has 0 aliphatic carbocycles. The van der Waals surface area contributed by atoms with Crippen LogP contribution >= 0.6 is 34.2 Å². The fourth-order valence-corrected chi connectivity index (χ4v) is 3.35. The van der Waals surface area contributed by atoms with Crippen molar-refractivity contribution < 1.29 is 14.7 Å². The molecule has 114 valence electrons. The van der Waals surface area contributed by atoms with Crippen LogP contribution in [0.3, 0.4) is 0 Å². The summed E-state index contributed by atoms with van der Waals surface area (Å²) in [5, 5.41) is 12.7. The Morgan fingerprint density at radius 2 is 2.05 bits per heavy atom. The number of likely N-dealkylation sites (tertiary alicyclic amines) is 1. The van der Waals surface area contributed by atoms with Gasteiger partial charge < -0.3 is 15.3 Å². The minimum atomic E-state index is -0.768. The molecule has 0 radical (unpaired) electrons. The van der Waals surface area contributed by atoms with Gasteiger partial charge in [0.15, 0.2) is 0 Å². The highest BCUT2D eigenvalue weighted by atomic mass is 127. The van der Waals surface area contributed by atoms with Gasteiger partial charge in [0.1, 0.15) is 0 Å². The van der Waals surface area contributed by atoms with Gasteiger partial charge in [-0.05, 0) is 53.6 Å². The number of amides is 1. The Balaban J connectivity index is 1.84. The fourth-order valence-electron chi connectivity index (χ4n) is 2.29. The number of nitrogens with zero attached hydrogens (tertiary/aromatic N) is 1. The monoisotopic (exact) mass is 422 g/mol. The van der Waals surface area contributed by atoms with Crippen LogP contribution in [-0.2, 0) is 9.59 Å². The summed E-state index contributed by atoms with van der Waals surface area (Å²) in [4.78, 5) is 24.7. The summed E-state index contributed by atoms with van der Waals surface area (Å²) in [5.74, 6) is -1.10. The first-order chi connectivity index (χ1) is 9.97. The van der Waals surface area contributed by atoms with Crippen LogP contribution in [0.5, 0.6) is 0 Å². The van der Waals surface area contributed by atoms with Crippen molar-refractivity contribution in [3.63, 3.8) is 0 Å². The number of anilines is 1. The molecule has 5 nitrogen and oxygen atoms in total. The van der Waals surface area contributed by atoms with E-state index in [9.17, 15) is 9.59 Å². The third-order valence-corrected chi connectivity index (χ3v) is 4.69. The maximum absolute atomic E-state index is 12.1. The van der Waals surface area contributed by atoms with Crippen LogP contribution in [0.25, 0.3) is 0 Å². The number of rotatable bonds is 4. The summed E-state index contributed by atoms with van der Waals surface area (Å²) in [5.41, 5.74) is 0.869. The molecule has 1 amide bonds. The quantitative estimate of drug-likeness (QED) is 0.732. The number of carbonyl (C=O) groups is 2. The summed E-state index contributed by atoms with van der Waals surface area (Å²) in [6, 6.07) is 5.44. The highest BCUT2D eigenvalue weighted by Crippen LogP contribution is 2.22. The van der Waals surface area contributed by atoms with E-state index in [2.05, 4.69) is 27.9 Å². The van der Waals surface area contributed by atoms with Gasteiger partial charge in [-0.3, -0.25) is 9.59 Å². The van der Waals surface area contributed by atoms with E-state index in [1.807, 2.05) is 12.1 Å². The van der Waals surface area contributed by atoms with Crippen LogP contribution in [0.1, 0.15) is 12.8 Å². The first-order valence-corrected chi connectivity index (χ1v) is 8.12. The number of hydrogen-bond acceptors (Lipinski definition) is 3. The SMILES string of the molecule is O=C(O)C1CCN(C(=O)CNc2ccc(Cl)cc2I)CC1. The topological polar surface area (TPSA) is 69.6 Å². The van der Waals surface area contributed by atoms with Gasteiger partial charge in [-0.15, -0.1) is 0 Å². The van der Waals surface area contributed by atoms with Crippen LogP contribution in [-0.4, -0.2) is 41.5 Å². The third-order valence-electron chi connectivity index (χ3n) is 3.56. The fraction of sp³-hybridized carbons (Fsp3) is 0.429. The van der Waals surface area contributed by atoms with Crippen molar-refractivity contribution in [1.29, 1.82) is 0 Å². The molecule has 0 aromatic heterocycles. The van der Waals surface area contributed by atoms with Crippen molar-refractivity contribution >= 4 is 51.8 Å². The molecule has 0 unspecified atom stereocenters. The van der Waals surface area contributed by atoms with Gasteiger partial charge in [-0.1, -0.05) is 11.6 Å². The maximum atomic E-state index is 12.1. The summed E-state index contributed by atoms with van der Waals surface area (Å²) in [6.45, 7) is 1.22. The van der Waals surface area contributed by atoms with Crippen LogP contribution < -0.4 is 5.32 Å². The molecule has 1 aromatic carbocycles. The zero-order valence-electron chi connectivity index (χ0n) is 11.3. The van der Waals surface area contributed by atoms with Gasteiger partial charge in [0, 0.05) is 27.4 Å². The normalized spacial score (nSPS) is 15.8. The minimum absolute atomic E-state index is 0.00964. The number of piperidine rings is 1. The molecular formula is C14H16ClIN2O3. The number of carbonyl (C=O) groups excluding carboxylic acids is 1. The predicted octanol–water partition coefficient (Wildman–Crippen LogP) is 2.68. The number of hydrogen-bond donors (Lipinski definition) is 2. The second-order valence-electron chi connectivity index (χ2n) is 4.97. The van der Waals surface area contributed by atoms with Gasteiger partial charge in [0.05, 0.1) is 12.5 Å². The molecular weight excluding hydrogens is 407 g/mol.